The minimum atomic E-state index is -1.75. The summed E-state index contributed by atoms with van der Waals surface area (Å²) in [6, 6.07) is 7.66. The van der Waals surface area contributed by atoms with Crippen LogP contribution in [-0.4, -0.2) is 52.0 Å². The van der Waals surface area contributed by atoms with Gasteiger partial charge in [-0.05, 0) is 59.9 Å². The van der Waals surface area contributed by atoms with Crippen LogP contribution in [0, 0.1) is 5.41 Å². The average molecular weight is 496 g/mol. The molecule has 1 aliphatic rings. The van der Waals surface area contributed by atoms with Crippen molar-refractivity contribution in [3.05, 3.63) is 35.9 Å². The number of rotatable bonds is 7. The molecular weight excluding hydrogens is 462 g/mol. The summed E-state index contributed by atoms with van der Waals surface area (Å²) in [5, 5.41) is 0. The van der Waals surface area contributed by atoms with Gasteiger partial charge in [-0.2, -0.15) is 0 Å². The van der Waals surface area contributed by atoms with E-state index in [4.69, 9.17) is 25.8 Å². The van der Waals surface area contributed by atoms with Crippen molar-refractivity contribution >= 4 is 35.5 Å². The number of alkyl halides is 1. The molecule has 1 unspecified atom stereocenters. The lowest BCUT2D eigenvalue weighted by atomic mass is 9.80. The number of imide groups is 1. The van der Waals surface area contributed by atoms with Gasteiger partial charge in [-0.25, -0.2) is 14.5 Å². The minimum Gasteiger partial charge on any atom is -0.459 e. The highest BCUT2D eigenvalue weighted by Gasteiger charge is 2.62. The van der Waals surface area contributed by atoms with Gasteiger partial charge in [0.25, 0.3) is 0 Å². The van der Waals surface area contributed by atoms with E-state index in [0.717, 1.165) is 5.56 Å². The Morgan fingerprint density at radius 2 is 1.62 bits per heavy atom. The monoisotopic (exact) mass is 495 g/mol. The van der Waals surface area contributed by atoms with E-state index in [0.29, 0.717) is 11.3 Å². The maximum Gasteiger partial charge on any atom is 0.417 e. The van der Waals surface area contributed by atoms with Crippen LogP contribution in [0.1, 0.15) is 66.4 Å². The molecule has 2 amide bonds. The molecule has 2 rings (SSSR count). The highest BCUT2D eigenvalue weighted by molar-refractivity contribution is 6.18. The second-order valence-corrected chi connectivity index (χ2v) is 10.7. The molecule has 34 heavy (non-hydrogen) atoms. The number of esters is 2. The average Bonchev–Trinajstić information content (AvgIpc) is 3.02. The quantitative estimate of drug-likeness (QED) is 0.235. The first-order chi connectivity index (χ1) is 15.7. The van der Waals surface area contributed by atoms with Crippen LogP contribution in [0.2, 0.25) is 0 Å². The number of hydrogen-bond donors (Lipinski definition) is 0. The number of ether oxygens (including phenoxy) is 3. The maximum atomic E-state index is 13.7. The van der Waals surface area contributed by atoms with Crippen molar-refractivity contribution in [2.75, 3.05) is 5.88 Å². The molecule has 0 aromatic heterocycles. The van der Waals surface area contributed by atoms with E-state index in [1.807, 2.05) is 6.07 Å². The first-order valence-electron chi connectivity index (χ1n) is 11.3. The molecule has 0 radical (unpaired) electrons. The van der Waals surface area contributed by atoms with Gasteiger partial charge >= 0.3 is 18.0 Å². The lowest BCUT2D eigenvalue weighted by molar-refractivity contribution is -0.171. The van der Waals surface area contributed by atoms with E-state index in [1.54, 1.807) is 65.8 Å². The molecular formula is C25H34ClNO7. The predicted molar refractivity (Wildman–Crippen MR) is 126 cm³/mol. The first kappa shape index (κ1) is 27.6. The van der Waals surface area contributed by atoms with Crippen LogP contribution >= 0.6 is 11.6 Å². The van der Waals surface area contributed by atoms with Crippen molar-refractivity contribution in [2.24, 2.45) is 5.41 Å². The summed E-state index contributed by atoms with van der Waals surface area (Å²) in [5.74, 6) is -2.27. The lowest BCUT2D eigenvalue weighted by Crippen LogP contribution is -2.49. The number of amides is 2. The second-order valence-electron chi connectivity index (χ2n) is 10.3. The van der Waals surface area contributed by atoms with Crippen LogP contribution in [-0.2, 0) is 35.2 Å². The molecule has 1 aromatic carbocycles. The third kappa shape index (κ3) is 6.95. The molecule has 1 aliphatic heterocycles. The van der Waals surface area contributed by atoms with Crippen molar-refractivity contribution in [1.29, 1.82) is 0 Å². The Morgan fingerprint density at radius 3 is 2.15 bits per heavy atom. The molecule has 1 aromatic rings. The number of benzene rings is 1. The van der Waals surface area contributed by atoms with Crippen LogP contribution < -0.4 is 0 Å². The van der Waals surface area contributed by atoms with Crippen molar-refractivity contribution in [3.8, 4) is 0 Å². The molecule has 2 atom stereocenters. The zero-order chi connectivity index (χ0) is 25.7. The van der Waals surface area contributed by atoms with Gasteiger partial charge in [-0.1, -0.05) is 30.3 Å². The normalized spacial score (nSPS) is 20.7. The second kappa shape index (κ2) is 10.8. The fraction of sp³-hybridized carbons (Fsp3) is 0.600. The standard InChI is InChI=1S/C25H34ClNO7/c1-23(2,3)33-21(30)25(13-10-14-26)15-18(19(28)32-16-17-11-8-7-9-12-17)27(20(25)29)22(31)34-24(4,5)6/h7-9,11-12,18H,10,13-16H2,1-6H3/t18-,25?/m0/s1. The summed E-state index contributed by atoms with van der Waals surface area (Å²) in [6.45, 7) is 9.91. The topological polar surface area (TPSA) is 99.2 Å². The number of hydrogen-bond acceptors (Lipinski definition) is 7. The molecule has 8 nitrogen and oxygen atoms in total. The van der Waals surface area contributed by atoms with E-state index in [1.165, 1.54) is 0 Å². The number of halogens is 1. The summed E-state index contributed by atoms with van der Waals surface area (Å²) >= 11 is 5.87. The Morgan fingerprint density at radius 1 is 1.03 bits per heavy atom. The van der Waals surface area contributed by atoms with Gasteiger partial charge in [0.05, 0.1) is 0 Å². The summed E-state index contributed by atoms with van der Waals surface area (Å²) in [4.78, 5) is 53.8. The summed E-state index contributed by atoms with van der Waals surface area (Å²) in [7, 11) is 0. The van der Waals surface area contributed by atoms with Gasteiger partial charge in [-0.15, -0.1) is 11.6 Å². The van der Waals surface area contributed by atoms with Gasteiger partial charge < -0.3 is 14.2 Å². The Hall–Kier alpha value is -2.61. The smallest absolute Gasteiger partial charge is 0.417 e. The molecule has 1 fully saturated rings. The zero-order valence-corrected chi connectivity index (χ0v) is 21.4. The Kier molecular flexibility index (Phi) is 8.75. The highest BCUT2D eigenvalue weighted by Crippen LogP contribution is 2.43. The van der Waals surface area contributed by atoms with Crippen LogP contribution in [0.4, 0.5) is 4.79 Å². The Bertz CT molecular complexity index is 904. The van der Waals surface area contributed by atoms with Crippen LogP contribution in [0.25, 0.3) is 0 Å². The first-order valence-corrected chi connectivity index (χ1v) is 11.8. The molecule has 9 heteroatoms. The van der Waals surface area contributed by atoms with Crippen LogP contribution in [0.5, 0.6) is 0 Å². The summed E-state index contributed by atoms with van der Waals surface area (Å²) in [5.41, 5.74) is -2.82. The van der Waals surface area contributed by atoms with Gasteiger partial charge in [0, 0.05) is 12.3 Å². The molecule has 0 bridgehead atoms. The Balaban J connectivity index is 2.42. The van der Waals surface area contributed by atoms with Gasteiger partial charge in [-0.3, -0.25) is 9.59 Å². The van der Waals surface area contributed by atoms with Crippen molar-refractivity contribution in [2.45, 2.75) is 84.7 Å². The van der Waals surface area contributed by atoms with E-state index in [9.17, 15) is 19.2 Å². The molecule has 0 aliphatic carbocycles. The Labute approximate surface area is 205 Å². The lowest BCUT2D eigenvalue weighted by Gasteiger charge is -2.30. The molecule has 0 N–H and O–H groups in total. The van der Waals surface area contributed by atoms with Gasteiger partial charge in [0.1, 0.15) is 29.3 Å². The molecule has 1 saturated heterocycles. The van der Waals surface area contributed by atoms with Gasteiger partial charge in [0.2, 0.25) is 5.91 Å². The SMILES string of the molecule is CC(C)(C)OC(=O)N1C(=O)C(CCCCl)(C(=O)OC(C)(C)C)C[C@H]1C(=O)OCc1ccccc1. The highest BCUT2D eigenvalue weighted by atomic mass is 35.5. The third-order valence-corrected chi connectivity index (χ3v) is 5.36. The molecule has 188 valence electrons. The molecule has 0 saturated carbocycles. The molecule has 1 heterocycles. The van der Waals surface area contributed by atoms with Crippen molar-refractivity contribution in [1.82, 2.24) is 4.90 Å². The fourth-order valence-electron chi connectivity index (χ4n) is 3.64. The van der Waals surface area contributed by atoms with E-state index in [2.05, 4.69) is 0 Å². The summed E-state index contributed by atoms with van der Waals surface area (Å²) < 4.78 is 16.4. The van der Waals surface area contributed by atoms with E-state index >= 15 is 0 Å². The van der Waals surface area contributed by atoms with Crippen LogP contribution in [0.3, 0.4) is 0 Å². The van der Waals surface area contributed by atoms with E-state index in [-0.39, 0.29) is 25.3 Å². The van der Waals surface area contributed by atoms with Crippen LogP contribution in [0.15, 0.2) is 30.3 Å². The predicted octanol–water partition coefficient (Wildman–Crippen LogP) is 4.61. The van der Waals surface area contributed by atoms with Crippen molar-refractivity contribution in [3.63, 3.8) is 0 Å². The maximum absolute atomic E-state index is 13.7. The molecule has 0 spiro atoms. The van der Waals surface area contributed by atoms with Crippen molar-refractivity contribution < 1.29 is 33.4 Å². The third-order valence-electron chi connectivity index (χ3n) is 5.09. The minimum absolute atomic E-state index is 0.0199. The number of likely N-dealkylation sites (tertiary alicyclic amines) is 1. The number of carbonyl (C=O) groups is 4. The zero-order valence-electron chi connectivity index (χ0n) is 20.7. The van der Waals surface area contributed by atoms with E-state index < -0.39 is 46.6 Å². The van der Waals surface area contributed by atoms with Gasteiger partial charge in [0.15, 0.2) is 0 Å². The summed E-state index contributed by atoms with van der Waals surface area (Å²) in [6.07, 6.45) is -0.966. The largest absolute Gasteiger partial charge is 0.459 e. The fourth-order valence-corrected chi connectivity index (χ4v) is 3.78. The number of carbonyl (C=O) groups excluding carboxylic acids is 4. The number of nitrogens with zero attached hydrogens (tertiary/aromatic N) is 1.